The minimum atomic E-state index is 0.609. The van der Waals surface area contributed by atoms with Gasteiger partial charge in [0.1, 0.15) is 0 Å². The van der Waals surface area contributed by atoms with Gasteiger partial charge in [0.2, 0.25) is 0 Å². The van der Waals surface area contributed by atoms with Crippen LogP contribution in [0.2, 0.25) is 0 Å². The van der Waals surface area contributed by atoms with E-state index in [9.17, 15) is 0 Å². The summed E-state index contributed by atoms with van der Waals surface area (Å²) in [6.07, 6.45) is 5.17. The molecule has 0 bridgehead atoms. The van der Waals surface area contributed by atoms with Crippen LogP contribution >= 0.6 is 15.9 Å². The molecule has 0 unspecified atom stereocenters. The number of nitrogens with zero attached hydrogens (tertiary/aromatic N) is 3. The molecule has 0 fully saturated rings. The topological polar surface area (TPSA) is 30.7 Å². The number of rotatable bonds is 1. The molecule has 60 valence electrons. The van der Waals surface area contributed by atoms with E-state index in [4.69, 9.17) is 7.85 Å². The van der Waals surface area contributed by atoms with Crippen molar-refractivity contribution in [3.8, 4) is 5.82 Å². The van der Waals surface area contributed by atoms with Crippen LogP contribution in [0.4, 0.5) is 0 Å². The first-order valence-electron chi connectivity index (χ1n) is 3.68. The van der Waals surface area contributed by atoms with Gasteiger partial charge in [-0.05, 0) is 0 Å². The van der Waals surface area contributed by atoms with Crippen LogP contribution in [-0.4, -0.2) is 29.5 Å². The van der Waals surface area contributed by atoms with Crippen molar-refractivity contribution in [1.82, 2.24) is 14.8 Å². The predicted octanol–water partition coefficient (Wildman–Crippen LogP) is 0.162. The molecule has 0 N–H and O–H groups in total. The van der Waals surface area contributed by atoms with Gasteiger partial charge in [-0.1, -0.05) is 0 Å². The molecule has 3 nitrogen and oxygen atoms in total. The SMILES string of the molecule is [B]c1bccnc1-n1cc(Br)cn1. The van der Waals surface area contributed by atoms with Crippen LogP contribution in [0.15, 0.2) is 29.0 Å². The third-order valence-electron chi connectivity index (χ3n) is 1.58. The molecule has 2 radical (unpaired) electrons. The molecular weight excluding hydrogens is 228 g/mol. The summed E-state index contributed by atoms with van der Waals surface area (Å²) < 4.78 is 2.52. The van der Waals surface area contributed by atoms with Crippen molar-refractivity contribution in [3.63, 3.8) is 0 Å². The molecular formula is C7H4B2BrN3. The summed E-state index contributed by atoms with van der Waals surface area (Å²) in [5.74, 6) is 2.44. The van der Waals surface area contributed by atoms with Crippen LogP contribution in [0.1, 0.15) is 0 Å². The van der Waals surface area contributed by atoms with Gasteiger partial charge < -0.3 is 0 Å². The quantitative estimate of drug-likeness (QED) is 0.655. The van der Waals surface area contributed by atoms with Gasteiger partial charge in [0.25, 0.3) is 0 Å². The second-order valence-electron chi connectivity index (χ2n) is 2.52. The Bertz CT molecular complexity index is 429. The zero-order valence-corrected chi connectivity index (χ0v) is 8.27. The van der Waals surface area contributed by atoms with Crippen molar-refractivity contribution < 1.29 is 0 Å². The van der Waals surface area contributed by atoms with E-state index in [2.05, 4.69) is 26.0 Å². The second-order valence-corrected chi connectivity index (χ2v) is 3.44. The first-order chi connectivity index (χ1) is 6.27. The van der Waals surface area contributed by atoms with Crippen LogP contribution in [0.3, 0.4) is 0 Å². The summed E-state index contributed by atoms with van der Waals surface area (Å²) >= 11 is 3.30. The van der Waals surface area contributed by atoms with Gasteiger partial charge in [-0.15, -0.1) is 0 Å². The summed E-state index contributed by atoms with van der Waals surface area (Å²) in [4.78, 5) is 4.12. The molecule has 0 aliphatic carbocycles. The molecule has 0 spiro atoms. The molecule has 0 aliphatic rings. The van der Waals surface area contributed by atoms with E-state index in [-0.39, 0.29) is 0 Å². The standard InChI is InChI=1S/C7H4B2BrN3/c8-6-7(11-2-1-9-6)13-4-5(10)3-12-13/h1-4H. The first kappa shape index (κ1) is 8.69. The fraction of sp³-hybridized carbons (Fsp3) is 0. The summed E-state index contributed by atoms with van der Waals surface area (Å²) in [5, 5.41) is 4.68. The molecule has 2 rings (SSSR count). The van der Waals surface area contributed by atoms with Gasteiger partial charge in [-0.25, -0.2) is 0 Å². The monoisotopic (exact) mass is 231 g/mol. The first-order valence-corrected chi connectivity index (χ1v) is 4.48. The Morgan fingerprint density at radius 2 is 2.38 bits per heavy atom. The third kappa shape index (κ3) is 1.72. The van der Waals surface area contributed by atoms with E-state index in [1.165, 1.54) is 0 Å². The maximum absolute atomic E-state index is 5.72. The van der Waals surface area contributed by atoms with E-state index >= 15 is 0 Å². The Hall–Kier alpha value is -0.900. The van der Waals surface area contributed by atoms with E-state index in [1.807, 2.05) is 0 Å². The number of hydrogen-bond acceptors (Lipinski definition) is 2. The molecule has 0 aromatic carbocycles. The van der Waals surface area contributed by atoms with Crippen molar-refractivity contribution >= 4 is 36.0 Å². The minimum absolute atomic E-state index is 0.609. The fourth-order valence-corrected chi connectivity index (χ4v) is 1.30. The van der Waals surface area contributed by atoms with Crippen LogP contribution in [0, 0.1) is 0 Å². The van der Waals surface area contributed by atoms with Crippen molar-refractivity contribution in [1.29, 1.82) is 0 Å². The zero-order chi connectivity index (χ0) is 9.26. The van der Waals surface area contributed by atoms with E-state index < -0.39 is 0 Å². The van der Waals surface area contributed by atoms with Crippen molar-refractivity contribution in [2.24, 2.45) is 0 Å². The summed E-state index contributed by atoms with van der Waals surface area (Å²) in [7, 11) is 5.72. The average Bonchev–Trinajstić information content (AvgIpc) is 2.53. The van der Waals surface area contributed by atoms with Crippen LogP contribution in [0.25, 0.3) is 5.82 Å². The summed E-state index contributed by atoms with van der Waals surface area (Å²) in [6, 6.07) is 0. The molecule has 2 heterocycles. The Morgan fingerprint density at radius 3 is 3.00 bits per heavy atom. The number of aromatic nitrogens is 3. The van der Waals surface area contributed by atoms with Gasteiger partial charge in [0.15, 0.2) is 0 Å². The third-order valence-corrected chi connectivity index (χ3v) is 1.99. The van der Waals surface area contributed by atoms with Gasteiger partial charge in [-0.3, -0.25) is 0 Å². The molecule has 13 heavy (non-hydrogen) atoms. The van der Waals surface area contributed by atoms with Crippen molar-refractivity contribution in [3.05, 3.63) is 29.0 Å². The molecule has 2 aromatic heterocycles. The Balaban J connectivity index is 2.52. The van der Waals surface area contributed by atoms with Crippen LogP contribution in [-0.2, 0) is 0 Å². The predicted molar refractivity (Wildman–Crippen MR) is 55.8 cm³/mol. The number of hydrogen-bond donors (Lipinski definition) is 0. The van der Waals surface area contributed by atoms with Gasteiger partial charge in [0, 0.05) is 0 Å². The van der Waals surface area contributed by atoms with E-state index in [1.54, 1.807) is 36.1 Å². The molecule has 0 saturated heterocycles. The Morgan fingerprint density at radius 1 is 1.54 bits per heavy atom. The number of halogens is 1. The average molecular weight is 232 g/mol. The van der Waals surface area contributed by atoms with Crippen LogP contribution < -0.4 is 5.36 Å². The van der Waals surface area contributed by atoms with Gasteiger partial charge >= 0.3 is 85.7 Å². The van der Waals surface area contributed by atoms with Crippen molar-refractivity contribution in [2.75, 3.05) is 0 Å². The molecule has 6 heteroatoms. The molecule has 0 aliphatic heterocycles. The Labute approximate surface area is 85.9 Å². The fourth-order valence-electron chi connectivity index (χ4n) is 1.02. The second kappa shape index (κ2) is 3.46. The zero-order valence-electron chi connectivity index (χ0n) is 6.68. The van der Waals surface area contributed by atoms with Crippen molar-refractivity contribution in [2.45, 2.75) is 0 Å². The molecule has 0 atom stereocenters. The maximum atomic E-state index is 5.72. The normalized spacial score (nSPS) is 9.92. The molecule has 0 saturated carbocycles. The Kier molecular flexibility index (Phi) is 2.31. The summed E-state index contributed by atoms with van der Waals surface area (Å²) in [5.41, 5.74) is 0. The van der Waals surface area contributed by atoms with E-state index in [0.29, 0.717) is 11.2 Å². The summed E-state index contributed by atoms with van der Waals surface area (Å²) in [6.45, 7) is 1.79. The molecule has 2 aromatic rings. The van der Waals surface area contributed by atoms with Gasteiger partial charge in [-0.2, -0.15) is 0 Å². The van der Waals surface area contributed by atoms with Gasteiger partial charge in [0.05, 0.1) is 0 Å². The van der Waals surface area contributed by atoms with Crippen LogP contribution in [0.5, 0.6) is 0 Å². The van der Waals surface area contributed by atoms with E-state index in [0.717, 1.165) is 4.47 Å². The molecule has 0 amide bonds.